The number of hydrogen-bond acceptors (Lipinski definition) is 4. The smallest absolute Gasteiger partial charge is 0.342 e. The lowest BCUT2D eigenvalue weighted by molar-refractivity contribution is -0.385. The summed E-state index contributed by atoms with van der Waals surface area (Å²) in [5, 5.41) is 19.6. The zero-order chi connectivity index (χ0) is 12.6. The van der Waals surface area contributed by atoms with E-state index in [1.807, 2.05) is 0 Å². The maximum Gasteiger partial charge on any atom is 0.342 e. The normalized spacial score (nSPS) is 14.4. The minimum absolute atomic E-state index is 0.0920. The van der Waals surface area contributed by atoms with Gasteiger partial charge in [0.05, 0.1) is 15.5 Å². The SMILES string of the molecule is O=C(O)c1cc(OC2CC2)c(Br)cc1[N+](=O)[O-]. The number of benzene rings is 1. The van der Waals surface area contributed by atoms with Crippen LogP contribution in [0.2, 0.25) is 0 Å². The van der Waals surface area contributed by atoms with E-state index >= 15 is 0 Å². The van der Waals surface area contributed by atoms with E-state index < -0.39 is 16.6 Å². The summed E-state index contributed by atoms with van der Waals surface area (Å²) >= 11 is 3.13. The van der Waals surface area contributed by atoms with E-state index in [1.54, 1.807) is 0 Å². The summed E-state index contributed by atoms with van der Waals surface area (Å²) in [7, 11) is 0. The third kappa shape index (κ3) is 2.55. The number of hydrogen-bond donors (Lipinski definition) is 1. The minimum Gasteiger partial charge on any atom is -0.489 e. The third-order valence-corrected chi connectivity index (χ3v) is 2.92. The average molecular weight is 302 g/mol. The molecule has 0 unspecified atom stereocenters. The van der Waals surface area contributed by atoms with E-state index in [1.165, 1.54) is 6.07 Å². The van der Waals surface area contributed by atoms with Gasteiger partial charge in [0.1, 0.15) is 11.3 Å². The van der Waals surface area contributed by atoms with Crippen LogP contribution in [0, 0.1) is 10.1 Å². The second-order valence-corrected chi connectivity index (χ2v) is 4.53. The highest BCUT2D eigenvalue weighted by atomic mass is 79.9. The van der Waals surface area contributed by atoms with Crippen molar-refractivity contribution < 1.29 is 19.6 Å². The quantitative estimate of drug-likeness (QED) is 0.682. The van der Waals surface area contributed by atoms with Crippen LogP contribution in [0.3, 0.4) is 0 Å². The first-order chi connectivity index (χ1) is 7.99. The fourth-order valence-electron chi connectivity index (χ4n) is 1.32. The van der Waals surface area contributed by atoms with Gasteiger partial charge in [-0.2, -0.15) is 0 Å². The Labute approximate surface area is 104 Å². The molecule has 2 rings (SSSR count). The Bertz CT molecular complexity index is 498. The number of rotatable bonds is 4. The average Bonchev–Trinajstić information content (AvgIpc) is 3.03. The summed E-state index contributed by atoms with van der Waals surface area (Å²) in [6.07, 6.45) is 1.94. The van der Waals surface area contributed by atoms with Crippen LogP contribution in [0.25, 0.3) is 0 Å². The van der Waals surface area contributed by atoms with Gasteiger partial charge in [0.25, 0.3) is 5.69 Å². The van der Waals surface area contributed by atoms with E-state index in [2.05, 4.69) is 15.9 Å². The van der Waals surface area contributed by atoms with Crippen LogP contribution < -0.4 is 4.74 Å². The molecule has 1 aromatic rings. The molecular formula is C10H8BrNO5. The Morgan fingerprint density at radius 3 is 2.65 bits per heavy atom. The molecule has 1 aliphatic rings. The van der Waals surface area contributed by atoms with E-state index in [9.17, 15) is 14.9 Å². The zero-order valence-corrected chi connectivity index (χ0v) is 10.1. The van der Waals surface area contributed by atoms with Crippen molar-refractivity contribution in [2.24, 2.45) is 0 Å². The largest absolute Gasteiger partial charge is 0.489 e. The van der Waals surface area contributed by atoms with Crippen molar-refractivity contribution in [1.29, 1.82) is 0 Å². The second-order valence-electron chi connectivity index (χ2n) is 3.68. The predicted molar refractivity (Wildman–Crippen MR) is 61.4 cm³/mol. The maximum atomic E-state index is 10.9. The second kappa shape index (κ2) is 4.33. The van der Waals surface area contributed by atoms with Gasteiger partial charge < -0.3 is 9.84 Å². The molecule has 1 fully saturated rings. The van der Waals surface area contributed by atoms with Crippen LogP contribution in [0.15, 0.2) is 16.6 Å². The summed E-state index contributed by atoms with van der Waals surface area (Å²) in [6.45, 7) is 0. The number of ether oxygens (including phenoxy) is 1. The number of carboxylic acid groups (broad SMARTS) is 1. The topological polar surface area (TPSA) is 89.7 Å². The number of carbonyl (C=O) groups is 1. The lowest BCUT2D eigenvalue weighted by Gasteiger charge is -2.08. The van der Waals surface area contributed by atoms with E-state index in [4.69, 9.17) is 9.84 Å². The minimum atomic E-state index is -1.34. The summed E-state index contributed by atoms with van der Waals surface area (Å²) in [5.41, 5.74) is -0.818. The standard InChI is InChI=1S/C10H8BrNO5/c11-7-4-8(12(15)16)6(10(13)14)3-9(7)17-5-1-2-5/h3-5H,1-2H2,(H,13,14). The van der Waals surface area contributed by atoms with Crippen molar-refractivity contribution in [2.75, 3.05) is 0 Å². The summed E-state index contributed by atoms with van der Waals surface area (Å²) in [4.78, 5) is 20.9. The molecule has 0 aromatic heterocycles. The fraction of sp³-hybridized carbons (Fsp3) is 0.300. The van der Waals surface area contributed by atoms with Crippen molar-refractivity contribution in [1.82, 2.24) is 0 Å². The van der Waals surface area contributed by atoms with Gasteiger partial charge in [-0.05, 0) is 28.8 Å². The Kier molecular flexibility index (Phi) is 3.01. The molecule has 0 aliphatic heterocycles. The highest BCUT2D eigenvalue weighted by molar-refractivity contribution is 9.10. The van der Waals surface area contributed by atoms with E-state index in [-0.39, 0.29) is 11.7 Å². The first kappa shape index (κ1) is 11.8. The highest BCUT2D eigenvalue weighted by Gasteiger charge is 2.28. The third-order valence-electron chi connectivity index (χ3n) is 2.30. The van der Waals surface area contributed by atoms with Gasteiger partial charge in [-0.15, -0.1) is 0 Å². The first-order valence-electron chi connectivity index (χ1n) is 4.87. The highest BCUT2D eigenvalue weighted by Crippen LogP contribution is 2.36. The van der Waals surface area contributed by atoms with Crippen LogP contribution in [0.5, 0.6) is 5.75 Å². The first-order valence-corrected chi connectivity index (χ1v) is 5.66. The Hall–Kier alpha value is -1.63. The van der Waals surface area contributed by atoms with Gasteiger partial charge in [-0.3, -0.25) is 10.1 Å². The molecule has 0 bridgehead atoms. The van der Waals surface area contributed by atoms with Crippen molar-refractivity contribution in [3.63, 3.8) is 0 Å². The van der Waals surface area contributed by atoms with Crippen molar-refractivity contribution in [2.45, 2.75) is 18.9 Å². The number of nitrogens with zero attached hydrogens (tertiary/aromatic N) is 1. The molecule has 0 spiro atoms. The molecule has 6 nitrogen and oxygen atoms in total. The molecule has 90 valence electrons. The molecule has 0 saturated heterocycles. The Morgan fingerprint density at radius 2 is 2.18 bits per heavy atom. The van der Waals surface area contributed by atoms with Gasteiger partial charge in [0, 0.05) is 12.1 Å². The van der Waals surface area contributed by atoms with Crippen molar-refractivity contribution in [3.05, 3.63) is 32.3 Å². The van der Waals surface area contributed by atoms with Crippen LogP contribution >= 0.6 is 15.9 Å². The van der Waals surface area contributed by atoms with Crippen LogP contribution in [-0.4, -0.2) is 22.1 Å². The molecule has 1 saturated carbocycles. The number of carboxylic acids is 1. The van der Waals surface area contributed by atoms with Gasteiger partial charge in [-0.1, -0.05) is 0 Å². The monoisotopic (exact) mass is 301 g/mol. The van der Waals surface area contributed by atoms with Gasteiger partial charge in [0.15, 0.2) is 0 Å². The predicted octanol–water partition coefficient (Wildman–Crippen LogP) is 2.60. The Morgan fingerprint density at radius 1 is 1.53 bits per heavy atom. The molecule has 1 aliphatic carbocycles. The van der Waals surface area contributed by atoms with Crippen LogP contribution in [0.1, 0.15) is 23.2 Å². The lowest BCUT2D eigenvalue weighted by Crippen LogP contribution is -2.05. The number of halogens is 1. The van der Waals surface area contributed by atoms with E-state index in [0.29, 0.717) is 10.2 Å². The van der Waals surface area contributed by atoms with Gasteiger partial charge >= 0.3 is 5.97 Å². The summed E-state index contributed by atoms with van der Waals surface area (Å²) in [5.74, 6) is -1.01. The molecule has 0 amide bonds. The molecule has 1 N–H and O–H groups in total. The number of nitro benzene ring substituents is 1. The van der Waals surface area contributed by atoms with Crippen LogP contribution in [-0.2, 0) is 0 Å². The molecule has 17 heavy (non-hydrogen) atoms. The molecule has 0 radical (unpaired) electrons. The fourth-order valence-corrected chi connectivity index (χ4v) is 1.75. The van der Waals surface area contributed by atoms with E-state index in [0.717, 1.165) is 18.9 Å². The Balaban J connectivity index is 2.45. The van der Waals surface area contributed by atoms with Gasteiger partial charge in [0.2, 0.25) is 0 Å². The molecular weight excluding hydrogens is 294 g/mol. The van der Waals surface area contributed by atoms with Crippen molar-refractivity contribution >= 4 is 27.6 Å². The number of nitro groups is 1. The van der Waals surface area contributed by atoms with Crippen LogP contribution in [0.4, 0.5) is 5.69 Å². The van der Waals surface area contributed by atoms with Gasteiger partial charge in [-0.25, -0.2) is 4.79 Å². The molecule has 7 heteroatoms. The molecule has 0 heterocycles. The zero-order valence-electron chi connectivity index (χ0n) is 8.55. The molecule has 1 aromatic carbocycles. The number of aromatic carboxylic acids is 1. The molecule has 0 atom stereocenters. The summed E-state index contributed by atoms with van der Waals surface area (Å²) in [6, 6.07) is 2.34. The lowest BCUT2D eigenvalue weighted by atomic mass is 10.1. The summed E-state index contributed by atoms with van der Waals surface area (Å²) < 4.78 is 5.84. The maximum absolute atomic E-state index is 10.9. The van der Waals surface area contributed by atoms with Crippen molar-refractivity contribution in [3.8, 4) is 5.75 Å².